The Morgan fingerprint density at radius 1 is 0.800 bits per heavy atom. The van der Waals surface area contributed by atoms with E-state index in [0.29, 0.717) is 18.8 Å². The van der Waals surface area contributed by atoms with E-state index in [1.807, 2.05) is 0 Å². The van der Waals surface area contributed by atoms with E-state index in [1.54, 1.807) is 0 Å². The van der Waals surface area contributed by atoms with Crippen LogP contribution < -0.4 is 23.6 Å². The first-order valence-electron chi connectivity index (χ1n) is 12.7. The van der Waals surface area contributed by atoms with Gasteiger partial charge in [0, 0.05) is 48.9 Å². The molecule has 0 amide bonds. The van der Waals surface area contributed by atoms with E-state index in [1.165, 1.54) is 52.2 Å². The molecule has 6 nitrogen and oxygen atoms in total. The van der Waals surface area contributed by atoms with Crippen molar-refractivity contribution < 1.29 is 23.0 Å². The van der Waals surface area contributed by atoms with Gasteiger partial charge in [-0.3, -0.25) is 5.32 Å². The number of nitrogens with one attached hydrogen (secondary N) is 1. The molecular formula is C29H29N5O+4. The van der Waals surface area contributed by atoms with Gasteiger partial charge in [0.1, 0.15) is 0 Å². The number of nitrogens with zero attached hydrogens (tertiary/aromatic N) is 4. The molecule has 35 heavy (non-hydrogen) atoms. The Morgan fingerprint density at radius 3 is 2.23 bits per heavy atom. The first-order chi connectivity index (χ1) is 17.3. The van der Waals surface area contributed by atoms with Crippen LogP contribution >= 0.6 is 0 Å². The molecule has 2 aliphatic heterocycles. The minimum atomic E-state index is 0.390. The van der Waals surface area contributed by atoms with E-state index in [-0.39, 0.29) is 0 Å². The molecule has 2 bridgehead atoms. The fourth-order valence-electron chi connectivity index (χ4n) is 6.65. The Morgan fingerprint density at radius 2 is 1.54 bits per heavy atom. The SMILES string of the molecule is C1=CC2CC1CC2OCNCc1ccc2c(c1)[n+]1c(c3[n+]2C[n+]2ccccc2-3)-c2cccc[n+]2C1. The maximum Gasteiger partial charge on any atom is 0.363 e. The largest absolute Gasteiger partial charge is 0.363 e. The number of fused-ring (bicyclic) bond motifs is 12. The van der Waals surface area contributed by atoms with Crippen molar-refractivity contribution in [2.45, 2.75) is 38.8 Å². The van der Waals surface area contributed by atoms with Gasteiger partial charge in [-0.05, 0) is 36.5 Å². The molecule has 1 N–H and O–H groups in total. The maximum absolute atomic E-state index is 6.18. The highest BCUT2D eigenvalue weighted by molar-refractivity contribution is 5.75. The molecule has 4 aliphatic rings. The number of hydrogen-bond acceptors (Lipinski definition) is 2. The summed E-state index contributed by atoms with van der Waals surface area (Å²) in [5.41, 5.74) is 8.98. The highest BCUT2D eigenvalue weighted by Gasteiger charge is 2.51. The molecule has 2 aliphatic carbocycles. The Hall–Kier alpha value is -3.48. The lowest BCUT2D eigenvalue weighted by molar-refractivity contribution is -0.881. The molecule has 3 unspecified atom stereocenters. The molecule has 0 saturated heterocycles. The Labute approximate surface area is 204 Å². The number of allylic oxidation sites excluding steroid dienone is 1. The molecule has 6 heteroatoms. The van der Waals surface area contributed by atoms with E-state index >= 15 is 0 Å². The fraction of sp³-hybridized carbons (Fsp3) is 0.310. The highest BCUT2D eigenvalue weighted by atomic mass is 16.5. The van der Waals surface area contributed by atoms with Crippen LogP contribution in [0.2, 0.25) is 0 Å². The van der Waals surface area contributed by atoms with Gasteiger partial charge in [-0.1, -0.05) is 18.2 Å². The van der Waals surface area contributed by atoms with Crippen molar-refractivity contribution in [3.63, 3.8) is 0 Å². The monoisotopic (exact) mass is 463 g/mol. The Balaban J connectivity index is 1.15. The van der Waals surface area contributed by atoms with E-state index in [0.717, 1.165) is 25.8 Å². The normalized spacial score (nSPS) is 22.5. The van der Waals surface area contributed by atoms with E-state index in [4.69, 9.17) is 4.74 Å². The molecule has 3 atom stereocenters. The minimum absolute atomic E-state index is 0.390. The predicted octanol–water partition coefficient (Wildman–Crippen LogP) is 1.99. The van der Waals surface area contributed by atoms with Gasteiger partial charge < -0.3 is 4.74 Å². The van der Waals surface area contributed by atoms with Crippen LogP contribution in [0.3, 0.4) is 0 Å². The molecular weight excluding hydrogens is 434 g/mol. The van der Waals surface area contributed by atoms with Crippen molar-refractivity contribution in [2.24, 2.45) is 11.8 Å². The van der Waals surface area contributed by atoms with Crippen LogP contribution in [-0.2, 0) is 24.6 Å². The summed E-state index contributed by atoms with van der Waals surface area (Å²) in [5, 5.41) is 3.53. The van der Waals surface area contributed by atoms with Crippen LogP contribution in [0, 0.1) is 11.8 Å². The van der Waals surface area contributed by atoms with E-state index in [9.17, 15) is 0 Å². The first kappa shape index (κ1) is 19.8. The van der Waals surface area contributed by atoms with Crippen molar-refractivity contribution in [2.75, 3.05) is 6.73 Å². The van der Waals surface area contributed by atoms with Crippen LogP contribution in [0.25, 0.3) is 33.8 Å². The number of rotatable bonds is 5. The van der Waals surface area contributed by atoms with Crippen LogP contribution in [0.15, 0.2) is 79.1 Å². The Kier molecular flexibility index (Phi) is 4.24. The van der Waals surface area contributed by atoms with E-state index < -0.39 is 0 Å². The summed E-state index contributed by atoms with van der Waals surface area (Å²) in [7, 11) is 0. The lowest BCUT2D eigenvalue weighted by Gasteiger charge is -2.19. The van der Waals surface area contributed by atoms with Crippen molar-refractivity contribution in [3.05, 3.63) is 84.7 Å². The number of ether oxygens (including phenoxy) is 1. The topological polar surface area (TPSA) is 36.8 Å². The molecule has 172 valence electrons. The third-order valence-electron chi connectivity index (χ3n) is 8.29. The van der Waals surface area contributed by atoms with Gasteiger partial charge in [-0.15, -0.1) is 18.3 Å². The lowest BCUT2D eigenvalue weighted by atomic mass is 10.1. The summed E-state index contributed by atoms with van der Waals surface area (Å²) < 4.78 is 15.8. The summed E-state index contributed by atoms with van der Waals surface area (Å²) in [5.74, 6) is 1.37. The van der Waals surface area contributed by atoms with Gasteiger partial charge in [0.15, 0.2) is 12.4 Å². The molecule has 1 saturated carbocycles. The van der Waals surface area contributed by atoms with E-state index in [2.05, 4.69) is 103 Å². The van der Waals surface area contributed by atoms with Crippen LogP contribution in [0.5, 0.6) is 0 Å². The standard InChI is InChI=1S/C29H29N5O/c1-3-11-31-18-33-23-10-8-21(16-30-17-35-27-15-20-7-9-22(27)13-20)14-26(23)34-19-32-12-4-2-6-25(32)29(34)28(33)24(31)5-1/h1-12,14,20,22,27,30H,13,15-19H2/q+4. The highest BCUT2D eigenvalue weighted by Crippen LogP contribution is 2.40. The number of hydrogen-bond donors (Lipinski definition) is 1. The van der Waals surface area contributed by atoms with Crippen molar-refractivity contribution in [3.8, 4) is 22.8 Å². The summed E-state index contributed by atoms with van der Waals surface area (Å²) in [6, 6.07) is 19.9. The molecule has 0 spiro atoms. The minimum Gasteiger partial charge on any atom is -0.362 e. The third-order valence-corrected chi connectivity index (χ3v) is 8.29. The van der Waals surface area contributed by atoms with Gasteiger partial charge in [0.05, 0.1) is 12.8 Å². The third kappa shape index (κ3) is 2.96. The Bertz CT molecular complexity index is 1540. The molecule has 8 rings (SSSR count). The van der Waals surface area contributed by atoms with Crippen molar-refractivity contribution >= 4 is 11.0 Å². The molecule has 4 aromatic rings. The second-order valence-corrected chi connectivity index (χ2v) is 10.3. The lowest BCUT2D eigenvalue weighted by Crippen LogP contribution is -2.50. The van der Waals surface area contributed by atoms with Crippen LogP contribution in [0.4, 0.5) is 0 Å². The average molecular weight is 464 g/mol. The number of aromatic nitrogens is 4. The smallest absolute Gasteiger partial charge is 0.362 e. The molecule has 5 heterocycles. The second-order valence-electron chi connectivity index (χ2n) is 10.3. The fourth-order valence-corrected chi connectivity index (χ4v) is 6.65. The van der Waals surface area contributed by atoms with Crippen LogP contribution in [0.1, 0.15) is 18.4 Å². The average Bonchev–Trinajstić information content (AvgIpc) is 3.67. The summed E-state index contributed by atoms with van der Waals surface area (Å²) >= 11 is 0. The zero-order valence-corrected chi connectivity index (χ0v) is 19.7. The molecule has 0 radical (unpaired) electrons. The van der Waals surface area contributed by atoms with Gasteiger partial charge in [0.25, 0.3) is 22.4 Å². The number of pyridine rings is 2. The number of benzene rings is 1. The van der Waals surface area contributed by atoms with Crippen molar-refractivity contribution in [1.82, 2.24) is 5.32 Å². The summed E-state index contributed by atoms with van der Waals surface area (Å²) in [4.78, 5) is 0. The predicted molar refractivity (Wildman–Crippen MR) is 128 cm³/mol. The quantitative estimate of drug-likeness (QED) is 0.184. The van der Waals surface area contributed by atoms with Gasteiger partial charge in [-0.2, -0.15) is 0 Å². The molecule has 1 aromatic carbocycles. The molecule has 3 aromatic heterocycles. The van der Waals surface area contributed by atoms with Crippen molar-refractivity contribution in [1.29, 1.82) is 0 Å². The zero-order chi connectivity index (χ0) is 22.9. The van der Waals surface area contributed by atoms with Gasteiger partial charge in [-0.25, -0.2) is 0 Å². The van der Waals surface area contributed by atoms with Gasteiger partial charge >= 0.3 is 24.7 Å². The molecule has 1 fully saturated rings. The second kappa shape index (κ2) is 7.51. The van der Waals surface area contributed by atoms with Gasteiger partial charge in [0.2, 0.25) is 0 Å². The zero-order valence-electron chi connectivity index (χ0n) is 19.7. The summed E-state index contributed by atoms with van der Waals surface area (Å²) in [6.07, 6.45) is 11.9. The maximum atomic E-state index is 6.18. The van der Waals surface area contributed by atoms with Crippen LogP contribution in [-0.4, -0.2) is 12.8 Å². The summed E-state index contributed by atoms with van der Waals surface area (Å²) in [6.45, 7) is 3.09. The first-order valence-corrected chi connectivity index (χ1v) is 12.7.